The van der Waals surface area contributed by atoms with Gasteiger partial charge < -0.3 is 11.1 Å². The van der Waals surface area contributed by atoms with Crippen molar-refractivity contribution in [1.82, 2.24) is 19.6 Å². The van der Waals surface area contributed by atoms with E-state index in [0.717, 1.165) is 25.3 Å². The van der Waals surface area contributed by atoms with E-state index in [9.17, 15) is 0 Å². The normalized spacial score (nSPS) is 10.6. The van der Waals surface area contributed by atoms with E-state index in [1.807, 2.05) is 24.0 Å². The van der Waals surface area contributed by atoms with Crippen molar-refractivity contribution in [3.8, 4) is 0 Å². The fourth-order valence-corrected chi connectivity index (χ4v) is 1.52. The lowest BCUT2D eigenvalue weighted by atomic mass is 10.4. The predicted octanol–water partition coefficient (Wildman–Crippen LogP) is 0.701. The van der Waals surface area contributed by atoms with Gasteiger partial charge in [0.05, 0.1) is 5.69 Å². The van der Waals surface area contributed by atoms with Crippen LogP contribution in [0.3, 0.4) is 0 Å². The summed E-state index contributed by atoms with van der Waals surface area (Å²) in [6.45, 7) is 1.73. The second-order valence-corrected chi connectivity index (χ2v) is 3.66. The largest absolute Gasteiger partial charge is 0.394 e. The number of hydrogen-bond donors (Lipinski definition) is 2. The zero-order valence-corrected chi connectivity index (χ0v) is 9.30. The molecule has 0 aromatic carbocycles. The molecule has 0 bridgehead atoms. The van der Waals surface area contributed by atoms with Crippen LogP contribution in [0.2, 0.25) is 0 Å². The fraction of sp³-hybridized carbons (Fsp3) is 0.400. The first-order valence-electron chi connectivity index (χ1n) is 5.26. The lowest BCUT2D eigenvalue weighted by Gasteiger charge is -2.04. The van der Waals surface area contributed by atoms with E-state index in [0.29, 0.717) is 5.69 Å². The number of hydrogen-bond acceptors (Lipinski definition) is 4. The van der Waals surface area contributed by atoms with E-state index in [4.69, 9.17) is 5.73 Å². The van der Waals surface area contributed by atoms with E-state index in [-0.39, 0.29) is 0 Å². The van der Waals surface area contributed by atoms with Crippen molar-refractivity contribution in [2.24, 2.45) is 7.05 Å². The van der Waals surface area contributed by atoms with Gasteiger partial charge in [0, 0.05) is 38.7 Å². The standard InChI is InChI=1S/C10H16N6/c1-15-8-9(11)10(14-15)12-4-2-6-16-7-3-5-13-16/h3,5,7-8H,2,4,6,11H2,1H3,(H,12,14). The molecule has 2 aromatic rings. The third kappa shape index (κ3) is 2.53. The quantitative estimate of drug-likeness (QED) is 0.727. The Labute approximate surface area is 94.1 Å². The minimum atomic E-state index is 0.682. The van der Waals surface area contributed by atoms with Gasteiger partial charge in [-0.1, -0.05) is 0 Å². The first-order chi connectivity index (χ1) is 7.75. The number of aromatic nitrogens is 4. The molecule has 3 N–H and O–H groups in total. The summed E-state index contributed by atoms with van der Waals surface area (Å²) in [4.78, 5) is 0. The molecule has 2 aromatic heterocycles. The van der Waals surface area contributed by atoms with Crippen molar-refractivity contribution in [3.05, 3.63) is 24.7 Å². The summed E-state index contributed by atoms with van der Waals surface area (Å²) in [5, 5.41) is 11.5. The second-order valence-electron chi connectivity index (χ2n) is 3.66. The highest BCUT2D eigenvalue weighted by atomic mass is 15.3. The smallest absolute Gasteiger partial charge is 0.171 e. The van der Waals surface area contributed by atoms with E-state index < -0.39 is 0 Å². The number of nitrogen functional groups attached to an aromatic ring is 1. The number of rotatable bonds is 5. The Morgan fingerprint density at radius 2 is 2.38 bits per heavy atom. The summed E-state index contributed by atoms with van der Waals surface area (Å²) in [5.74, 6) is 0.753. The van der Waals surface area contributed by atoms with Crippen LogP contribution in [-0.4, -0.2) is 26.1 Å². The van der Waals surface area contributed by atoms with E-state index in [1.165, 1.54) is 0 Å². The van der Waals surface area contributed by atoms with Crippen molar-refractivity contribution in [2.45, 2.75) is 13.0 Å². The zero-order valence-electron chi connectivity index (χ0n) is 9.30. The molecular weight excluding hydrogens is 204 g/mol. The van der Waals surface area contributed by atoms with Gasteiger partial charge in [0.1, 0.15) is 0 Å². The van der Waals surface area contributed by atoms with Crippen LogP contribution in [0.5, 0.6) is 0 Å². The molecule has 0 fully saturated rings. The molecule has 0 aliphatic rings. The van der Waals surface area contributed by atoms with Crippen molar-refractivity contribution >= 4 is 11.5 Å². The third-order valence-electron chi connectivity index (χ3n) is 2.27. The molecule has 2 heterocycles. The molecule has 2 rings (SSSR count). The maximum atomic E-state index is 5.75. The summed E-state index contributed by atoms with van der Waals surface area (Å²) in [7, 11) is 1.85. The number of nitrogens with two attached hydrogens (primary N) is 1. The number of aryl methyl sites for hydroxylation is 2. The molecule has 0 spiro atoms. The van der Waals surface area contributed by atoms with Crippen LogP contribution < -0.4 is 11.1 Å². The molecule has 0 atom stereocenters. The SMILES string of the molecule is Cn1cc(N)c(NCCCn2cccn2)n1. The van der Waals surface area contributed by atoms with E-state index >= 15 is 0 Å². The molecule has 16 heavy (non-hydrogen) atoms. The van der Waals surface area contributed by atoms with Gasteiger partial charge in [0.25, 0.3) is 0 Å². The maximum Gasteiger partial charge on any atom is 0.171 e. The summed E-state index contributed by atoms with van der Waals surface area (Å²) in [6.07, 6.45) is 6.51. The highest BCUT2D eigenvalue weighted by Crippen LogP contribution is 2.13. The first-order valence-corrected chi connectivity index (χ1v) is 5.26. The lowest BCUT2D eigenvalue weighted by molar-refractivity contribution is 0.591. The Balaban J connectivity index is 1.74. The number of nitrogens with one attached hydrogen (secondary N) is 1. The average Bonchev–Trinajstić information content (AvgIpc) is 2.84. The molecule has 86 valence electrons. The fourth-order valence-electron chi connectivity index (χ4n) is 1.52. The van der Waals surface area contributed by atoms with Crippen molar-refractivity contribution in [2.75, 3.05) is 17.6 Å². The van der Waals surface area contributed by atoms with Crippen LogP contribution in [0, 0.1) is 0 Å². The number of anilines is 2. The molecule has 0 aliphatic heterocycles. The Kier molecular flexibility index (Phi) is 3.09. The van der Waals surface area contributed by atoms with Gasteiger partial charge in [-0.15, -0.1) is 0 Å². The summed E-state index contributed by atoms with van der Waals surface area (Å²) in [5.41, 5.74) is 6.44. The van der Waals surface area contributed by atoms with Crippen LogP contribution in [0.15, 0.2) is 24.7 Å². The Hall–Kier alpha value is -1.98. The second kappa shape index (κ2) is 4.69. The van der Waals surface area contributed by atoms with Gasteiger partial charge in [-0.25, -0.2) is 0 Å². The summed E-state index contributed by atoms with van der Waals surface area (Å²) < 4.78 is 3.61. The molecular formula is C10H16N6. The van der Waals surface area contributed by atoms with Gasteiger partial charge in [0.2, 0.25) is 0 Å². The van der Waals surface area contributed by atoms with Crippen LogP contribution >= 0.6 is 0 Å². The summed E-state index contributed by atoms with van der Waals surface area (Å²) in [6, 6.07) is 1.92. The van der Waals surface area contributed by atoms with Gasteiger partial charge in [-0.05, 0) is 12.5 Å². The molecule has 6 heteroatoms. The molecule has 0 unspecified atom stereocenters. The average molecular weight is 220 g/mol. The van der Waals surface area contributed by atoms with Crippen molar-refractivity contribution in [1.29, 1.82) is 0 Å². The molecule has 6 nitrogen and oxygen atoms in total. The topological polar surface area (TPSA) is 73.7 Å². The minimum Gasteiger partial charge on any atom is -0.394 e. The van der Waals surface area contributed by atoms with Crippen LogP contribution in [0.4, 0.5) is 11.5 Å². The number of nitrogens with zero attached hydrogens (tertiary/aromatic N) is 4. The zero-order chi connectivity index (χ0) is 11.4. The third-order valence-corrected chi connectivity index (χ3v) is 2.27. The predicted molar refractivity (Wildman–Crippen MR) is 63.0 cm³/mol. The maximum absolute atomic E-state index is 5.75. The summed E-state index contributed by atoms with van der Waals surface area (Å²) >= 11 is 0. The Bertz CT molecular complexity index is 430. The molecule has 0 saturated carbocycles. The van der Waals surface area contributed by atoms with Crippen LogP contribution in [-0.2, 0) is 13.6 Å². The first kappa shape index (κ1) is 10.5. The van der Waals surface area contributed by atoms with Crippen LogP contribution in [0.1, 0.15) is 6.42 Å². The van der Waals surface area contributed by atoms with Crippen molar-refractivity contribution in [3.63, 3.8) is 0 Å². The molecule has 0 radical (unpaired) electrons. The molecule has 0 aliphatic carbocycles. The van der Waals surface area contributed by atoms with Gasteiger partial charge in [0.15, 0.2) is 5.82 Å². The van der Waals surface area contributed by atoms with E-state index in [1.54, 1.807) is 17.1 Å². The molecule has 0 saturated heterocycles. The lowest BCUT2D eigenvalue weighted by Crippen LogP contribution is -2.08. The van der Waals surface area contributed by atoms with E-state index in [2.05, 4.69) is 15.5 Å². The van der Waals surface area contributed by atoms with Gasteiger partial charge in [-0.2, -0.15) is 10.2 Å². The minimum absolute atomic E-state index is 0.682. The Morgan fingerprint density at radius 1 is 1.50 bits per heavy atom. The van der Waals surface area contributed by atoms with Gasteiger partial charge >= 0.3 is 0 Å². The van der Waals surface area contributed by atoms with Gasteiger partial charge in [-0.3, -0.25) is 9.36 Å². The van der Waals surface area contributed by atoms with Crippen molar-refractivity contribution < 1.29 is 0 Å². The molecule has 0 amide bonds. The highest BCUT2D eigenvalue weighted by molar-refractivity contribution is 5.59. The monoisotopic (exact) mass is 220 g/mol. The Morgan fingerprint density at radius 3 is 3.00 bits per heavy atom. The van der Waals surface area contributed by atoms with Crippen LogP contribution in [0.25, 0.3) is 0 Å². The highest BCUT2D eigenvalue weighted by Gasteiger charge is 2.02.